The van der Waals surface area contributed by atoms with Crippen molar-refractivity contribution in [1.82, 2.24) is 14.8 Å². The number of nitrogens with one attached hydrogen (secondary N) is 1. The second-order valence-corrected chi connectivity index (χ2v) is 6.20. The number of benzene rings is 1. The molecule has 0 fully saturated rings. The van der Waals surface area contributed by atoms with Crippen molar-refractivity contribution in [2.24, 2.45) is 0 Å². The van der Waals surface area contributed by atoms with E-state index in [1.165, 1.54) is 11.3 Å². The molecule has 2 aromatic heterocycles. The van der Waals surface area contributed by atoms with Crippen LogP contribution in [-0.4, -0.2) is 20.7 Å². The van der Waals surface area contributed by atoms with Crippen LogP contribution in [0.5, 0.6) is 0 Å². The summed E-state index contributed by atoms with van der Waals surface area (Å²) in [4.78, 5) is 29.1. The van der Waals surface area contributed by atoms with Gasteiger partial charge in [-0.1, -0.05) is 11.6 Å². The zero-order chi connectivity index (χ0) is 16.6. The third-order valence-electron chi connectivity index (χ3n) is 3.27. The van der Waals surface area contributed by atoms with Crippen molar-refractivity contribution < 1.29 is 4.79 Å². The fourth-order valence-corrected chi connectivity index (χ4v) is 3.08. The summed E-state index contributed by atoms with van der Waals surface area (Å²) in [5.74, 6) is -0.576. The number of fused-ring (bicyclic) bond motifs is 1. The SMILES string of the molecule is CCn1nc(C(=O)Nc2nc(C)cs2)c(=O)c2cc(Cl)ccc21. The molecule has 0 aliphatic carbocycles. The lowest BCUT2D eigenvalue weighted by Crippen LogP contribution is -2.27. The number of nitrogens with zero attached hydrogens (tertiary/aromatic N) is 3. The number of anilines is 1. The Balaban J connectivity index is 2.11. The molecule has 3 aromatic rings. The molecule has 0 unspecified atom stereocenters. The normalized spacial score (nSPS) is 10.9. The van der Waals surface area contributed by atoms with Crippen LogP contribution in [0.4, 0.5) is 5.13 Å². The van der Waals surface area contributed by atoms with Crippen LogP contribution in [0.25, 0.3) is 10.9 Å². The Hall–Kier alpha value is -2.25. The summed E-state index contributed by atoms with van der Waals surface area (Å²) in [5, 5.41) is 9.84. The number of aromatic nitrogens is 3. The quantitative estimate of drug-likeness (QED) is 0.789. The van der Waals surface area contributed by atoms with Gasteiger partial charge in [-0.3, -0.25) is 19.6 Å². The molecule has 23 heavy (non-hydrogen) atoms. The molecule has 0 spiro atoms. The van der Waals surface area contributed by atoms with E-state index in [1.54, 1.807) is 22.9 Å². The Kier molecular flexibility index (Phi) is 4.14. The second-order valence-electron chi connectivity index (χ2n) is 4.90. The van der Waals surface area contributed by atoms with Crippen LogP contribution in [0, 0.1) is 6.92 Å². The van der Waals surface area contributed by atoms with E-state index in [0.29, 0.717) is 27.6 Å². The van der Waals surface area contributed by atoms with Gasteiger partial charge in [0.1, 0.15) is 0 Å². The fourth-order valence-electron chi connectivity index (χ4n) is 2.22. The van der Waals surface area contributed by atoms with Gasteiger partial charge < -0.3 is 0 Å². The molecule has 1 N–H and O–H groups in total. The van der Waals surface area contributed by atoms with E-state index in [1.807, 2.05) is 19.2 Å². The molecular formula is C15H13ClN4O2S. The van der Waals surface area contributed by atoms with Crippen LogP contribution >= 0.6 is 22.9 Å². The Morgan fingerprint density at radius 3 is 2.87 bits per heavy atom. The summed E-state index contributed by atoms with van der Waals surface area (Å²) in [6.07, 6.45) is 0. The third kappa shape index (κ3) is 2.97. The van der Waals surface area contributed by atoms with Crippen LogP contribution < -0.4 is 10.7 Å². The van der Waals surface area contributed by atoms with Crippen molar-refractivity contribution in [2.75, 3.05) is 5.32 Å². The highest BCUT2D eigenvalue weighted by Gasteiger charge is 2.18. The van der Waals surface area contributed by atoms with Crippen molar-refractivity contribution in [2.45, 2.75) is 20.4 Å². The van der Waals surface area contributed by atoms with Gasteiger partial charge in [-0.05, 0) is 32.0 Å². The van der Waals surface area contributed by atoms with Crippen molar-refractivity contribution in [3.63, 3.8) is 0 Å². The molecule has 3 rings (SSSR count). The summed E-state index contributed by atoms with van der Waals surface area (Å²) in [5.41, 5.74) is 0.825. The molecule has 0 atom stereocenters. The van der Waals surface area contributed by atoms with Crippen molar-refractivity contribution in [3.05, 3.63) is 50.2 Å². The van der Waals surface area contributed by atoms with Gasteiger partial charge in [0.05, 0.1) is 16.6 Å². The summed E-state index contributed by atoms with van der Waals surface area (Å²) < 4.78 is 1.61. The van der Waals surface area contributed by atoms with Gasteiger partial charge in [0.15, 0.2) is 10.8 Å². The maximum absolute atomic E-state index is 12.6. The lowest BCUT2D eigenvalue weighted by Gasteiger charge is -2.10. The monoisotopic (exact) mass is 348 g/mol. The highest BCUT2D eigenvalue weighted by atomic mass is 35.5. The average Bonchev–Trinajstić information content (AvgIpc) is 2.93. The first kappa shape index (κ1) is 15.6. The van der Waals surface area contributed by atoms with Gasteiger partial charge in [0.2, 0.25) is 5.43 Å². The molecule has 1 aromatic carbocycles. The second kappa shape index (κ2) is 6.10. The maximum Gasteiger partial charge on any atom is 0.281 e. The first-order valence-electron chi connectivity index (χ1n) is 6.93. The minimum atomic E-state index is -0.576. The van der Waals surface area contributed by atoms with Crippen LogP contribution in [0.2, 0.25) is 5.02 Å². The van der Waals surface area contributed by atoms with E-state index >= 15 is 0 Å². The molecule has 8 heteroatoms. The van der Waals surface area contributed by atoms with Crippen molar-refractivity contribution in [1.29, 1.82) is 0 Å². The summed E-state index contributed by atoms with van der Waals surface area (Å²) in [6.45, 7) is 4.24. The first-order chi connectivity index (χ1) is 11.0. The molecule has 1 amide bonds. The van der Waals surface area contributed by atoms with E-state index in [0.717, 1.165) is 5.69 Å². The average molecular weight is 349 g/mol. The molecule has 0 aliphatic rings. The third-order valence-corrected chi connectivity index (χ3v) is 4.38. The summed E-state index contributed by atoms with van der Waals surface area (Å²) in [7, 11) is 0. The standard InChI is InChI=1S/C15H13ClN4O2S/c1-3-20-11-5-4-9(16)6-10(11)13(21)12(19-20)14(22)18-15-17-8(2)7-23-15/h4-7H,3H2,1-2H3,(H,17,18,22). The number of carbonyl (C=O) groups excluding carboxylic acids is 1. The van der Waals surface area contributed by atoms with Gasteiger partial charge >= 0.3 is 0 Å². The Bertz CT molecular complexity index is 964. The van der Waals surface area contributed by atoms with E-state index in [2.05, 4.69) is 15.4 Å². The number of hydrogen-bond donors (Lipinski definition) is 1. The summed E-state index contributed by atoms with van der Waals surface area (Å²) in [6, 6.07) is 4.97. The molecule has 6 nitrogen and oxygen atoms in total. The Morgan fingerprint density at radius 2 is 2.22 bits per heavy atom. The van der Waals surface area contributed by atoms with Crippen LogP contribution in [0.3, 0.4) is 0 Å². The van der Waals surface area contributed by atoms with Crippen LogP contribution in [0.1, 0.15) is 23.1 Å². The topological polar surface area (TPSA) is 76.9 Å². The van der Waals surface area contributed by atoms with Gasteiger partial charge in [-0.25, -0.2) is 4.98 Å². The number of halogens is 1. The number of carbonyl (C=O) groups is 1. The van der Waals surface area contributed by atoms with E-state index < -0.39 is 11.3 Å². The number of aryl methyl sites for hydroxylation is 2. The predicted octanol–water partition coefficient (Wildman–Crippen LogP) is 3.09. The minimum absolute atomic E-state index is 0.172. The summed E-state index contributed by atoms with van der Waals surface area (Å²) >= 11 is 7.27. The molecule has 0 saturated carbocycles. The molecule has 0 aliphatic heterocycles. The highest BCUT2D eigenvalue weighted by Crippen LogP contribution is 2.18. The highest BCUT2D eigenvalue weighted by molar-refractivity contribution is 7.13. The number of thiazole rings is 1. The first-order valence-corrected chi connectivity index (χ1v) is 8.19. The van der Waals surface area contributed by atoms with E-state index in [4.69, 9.17) is 11.6 Å². The lowest BCUT2D eigenvalue weighted by atomic mass is 10.2. The Morgan fingerprint density at radius 1 is 1.43 bits per heavy atom. The van der Waals surface area contributed by atoms with Crippen molar-refractivity contribution in [3.8, 4) is 0 Å². The number of amides is 1. The Labute approximate surface area is 140 Å². The largest absolute Gasteiger partial charge is 0.296 e. The maximum atomic E-state index is 12.6. The zero-order valence-corrected chi connectivity index (χ0v) is 14.0. The minimum Gasteiger partial charge on any atom is -0.296 e. The van der Waals surface area contributed by atoms with Gasteiger partial charge in [0, 0.05) is 16.9 Å². The number of hydrogen-bond acceptors (Lipinski definition) is 5. The van der Waals surface area contributed by atoms with Crippen LogP contribution in [-0.2, 0) is 6.54 Å². The molecule has 2 heterocycles. The smallest absolute Gasteiger partial charge is 0.281 e. The van der Waals surface area contributed by atoms with Crippen LogP contribution in [0.15, 0.2) is 28.4 Å². The van der Waals surface area contributed by atoms with Gasteiger partial charge in [-0.2, -0.15) is 5.10 Å². The molecular weight excluding hydrogens is 336 g/mol. The predicted molar refractivity (Wildman–Crippen MR) is 91.5 cm³/mol. The molecule has 118 valence electrons. The van der Waals surface area contributed by atoms with E-state index in [9.17, 15) is 9.59 Å². The molecule has 0 saturated heterocycles. The molecule has 0 bridgehead atoms. The number of rotatable bonds is 3. The lowest BCUT2D eigenvalue weighted by molar-refractivity contribution is 0.101. The fraction of sp³-hybridized carbons (Fsp3) is 0.200. The zero-order valence-electron chi connectivity index (χ0n) is 12.5. The molecule has 0 radical (unpaired) electrons. The van der Waals surface area contributed by atoms with Gasteiger partial charge in [-0.15, -0.1) is 11.3 Å². The van der Waals surface area contributed by atoms with Gasteiger partial charge in [0.25, 0.3) is 5.91 Å². The van der Waals surface area contributed by atoms with E-state index in [-0.39, 0.29) is 5.69 Å². The van der Waals surface area contributed by atoms with Crippen molar-refractivity contribution >= 4 is 44.9 Å².